The van der Waals surface area contributed by atoms with E-state index in [1.807, 2.05) is 48.5 Å². The van der Waals surface area contributed by atoms with E-state index in [0.29, 0.717) is 28.7 Å². The van der Waals surface area contributed by atoms with Crippen molar-refractivity contribution >= 4 is 33.5 Å². The summed E-state index contributed by atoms with van der Waals surface area (Å²) in [4.78, 5) is 27.0. The highest BCUT2D eigenvalue weighted by Crippen LogP contribution is 2.30. The third-order valence-corrected chi connectivity index (χ3v) is 5.88. The molecule has 36 heavy (non-hydrogen) atoms. The van der Waals surface area contributed by atoms with Gasteiger partial charge in [-0.2, -0.15) is 0 Å². The second-order valence-corrected chi connectivity index (χ2v) is 8.69. The molecule has 0 aliphatic carbocycles. The smallest absolute Gasteiger partial charge is 0.294 e. The fourth-order valence-electron chi connectivity index (χ4n) is 3.98. The Morgan fingerprint density at radius 2 is 1.75 bits per heavy atom. The lowest BCUT2D eigenvalue weighted by atomic mass is 9.99. The van der Waals surface area contributed by atoms with Crippen molar-refractivity contribution in [3.63, 3.8) is 0 Å². The van der Waals surface area contributed by atoms with Gasteiger partial charge in [-0.3, -0.25) is 4.79 Å². The number of hydrogen-bond donors (Lipinski definition) is 1. The zero-order chi connectivity index (χ0) is 25.1. The number of benzene rings is 3. The maximum Gasteiger partial charge on any atom is 0.294 e. The Balaban J connectivity index is 1.56. The Labute approximate surface area is 209 Å². The van der Waals surface area contributed by atoms with E-state index in [-0.39, 0.29) is 12.4 Å². The summed E-state index contributed by atoms with van der Waals surface area (Å²) in [7, 11) is 0. The highest BCUT2D eigenvalue weighted by molar-refractivity contribution is 6.04. The normalized spacial score (nSPS) is 10.9. The molecule has 0 aliphatic heterocycles. The molecule has 1 amide bonds. The van der Waals surface area contributed by atoms with Gasteiger partial charge in [-0.05, 0) is 47.9 Å². The lowest BCUT2D eigenvalue weighted by Gasteiger charge is -2.12. The summed E-state index contributed by atoms with van der Waals surface area (Å²) < 4.78 is 5.62. The van der Waals surface area contributed by atoms with Gasteiger partial charge in [0.25, 0.3) is 5.91 Å². The van der Waals surface area contributed by atoms with Crippen molar-refractivity contribution in [1.29, 1.82) is 0 Å². The monoisotopic (exact) mass is 472 g/mol. The van der Waals surface area contributed by atoms with E-state index in [9.17, 15) is 4.79 Å². The van der Waals surface area contributed by atoms with Crippen molar-refractivity contribution in [3.8, 4) is 29.4 Å². The molecule has 176 valence electrons. The van der Waals surface area contributed by atoms with Gasteiger partial charge in [0.15, 0.2) is 0 Å². The molecule has 0 spiro atoms. The van der Waals surface area contributed by atoms with Crippen molar-refractivity contribution < 1.29 is 9.53 Å². The van der Waals surface area contributed by atoms with Crippen LogP contribution in [0.2, 0.25) is 0 Å². The molecule has 1 N–H and O–H groups in total. The molecular weight excluding hydrogens is 448 g/mol. The first-order chi connectivity index (χ1) is 17.5. The molecule has 2 aromatic heterocycles. The quantitative estimate of drug-likeness (QED) is 0.296. The van der Waals surface area contributed by atoms with Crippen LogP contribution in [0.25, 0.3) is 33.1 Å². The molecule has 3 aromatic carbocycles. The Morgan fingerprint density at radius 1 is 0.944 bits per heavy atom. The zero-order valence-electron chi connectivity index (χ0n) is 20.0. The molecule has 5 aromatic rings. The van der Waals surface area contributed by atoms with E-state index in [1.165, 1.54) is 5.56 Å². The second-order valence-electron chi connectivity index (χ2n) is 8.69. The van der Waals surface area contributed by atoms with Crippen LogP contribution in [-0.4, -0.2) is 27.5 Å². The molecule has 0 aliphatic rings. The molecule has 0 saturated carbocycles. The minimum absolute atomic E-state index is 0.0534. The van der Waals surface area contributed by atoms with Crippen LogP contribution in [0, 0.1) is 12.3 Å². The maximum absolute atomic E-state index is 13.2. The third kappa shape index (κ3) is 4.73. The fraction of sp³-hybridized carbons (Fsp3) is 0.133. The second kappa shape index (κ2) is 9.85. The number of carbonyl (C=O) groups is 1. The molecule has 0 bridgehead atoms. The van der Waals surface area contributed by atoms with E-state index < -0.39 is 5.91 Å². The van der Waals surface area contributed by atoms with Gasteiger partial charge < -0.3 is 10.1 Å². The van der Waals surface area contributed by atoms with Crippen LogP contribution in [0.3, 0.4) is 0 Å². The van der Waals surface area contributed by atoms with Gasteiger partial charge in [0.1, 0.15) is 18.2 Å². The van der Waals surface area contributed by atoms with Gasteiger partial charge in [-0.15, -0.1) is 6.42 Å². The van der Waals surface area contributed by atoms with Gasteiger partial charge in [0.05, 0.1) is 16.7 Å². The van der Waals surface area contributed by atoms with Crippen LogP contribution >= 0.6 is 0 Å². The van der Waals surface area contributed by atoms with Crippen LogP contribution < -0.4 is 10.1 Å². The number of nitrogens with one attached hydrogen (secondary N) is 1. The average molecular weight is 473 g/mol. The summed E-state index contributed by atoms with van der Waals surface area (Å²) in [5.41, 5.74) is 4.14. The first-order valence-electron chi connectivity index (χ1n) is 11.7. The van der Waals surface area contributed by atoms with Crippen LogP contribution in [0.1, 0.15) is 35.9 Å². The highest BCUT2D eigenvalue weighted by atomic mass is 16.5. The van der Waals surface area contributed by atoms with E-state index in [2.05, 4.69) is 52.2 Å². The number of carbonyl (C=O) groups excluding carboxylic acids is 1. The van der Waals surface area contributed by atoms with Gasteiger partial charge in [-0.1, -0.05) is 62.2 Å². The number of amides is 1. The van der Waals surface area contributed by atoms with Crippen molar-refractivity contribution in [2.75, 3.05) is 11.9 Å². The number of ether oxygens (including phenoxy) is 1. The number of anilines is 1. The minimum Gasteiger partial charge on any atom is -0.481 e. The molecule has 0 unspecified atom stereocenters. The van der Waals surface area contributed by atoms with Crippen molar-refractivity contribution in [2.24, 2.45) is 0 Å². The first kappa shape index (κ1) is 23.0. The number of fused-ring (bicyclic) bond motifs is 2. The van der Waals surface area contributed by atoms with Gasteiger partial charge >= 0.3 is 0 Å². The van der Waals surface area contributed by atoms with E-state index in [4.69, 9.17) is 11.2 Å². The number of rotatable bonds is 6. The highest BCUT2D eigenvalue weighted by Gasteiger charge is 2.17. The molecule has 0 saturated heterocycles. The summed E-state index contributed by atoms with van der Waals surface area (Å²) in [6, 6.07) is 25.0. The van der Waals surface area contributed by atoms with E-state index >= 15 is 0 Å². The topological polar surface area (TPSA) is 77.0 Å². The number of terminal acetylenes is 1. The fourth-order valence-corrected chi connectivity index (χ4v) is 3.98. The molecule has 5 rings (SSSR count). The molecule has 6 heteroatoms. The Kier molecular flexibility index (Phi) is 6.29. The third-order valence-electron chi connectivity index (χ3n) is 5.88. The van der Waals surface area contributed by atoms with Crippen LogP contribution in [0.5, 0.6) is 5.75 Å². The maximum atomic E-state index is 13.2. The Morgan fingerprint density at radius 3 is 2.53 bits per heavy atom. The lowest BCUT2D eigenvalue weighted by Crippen LogP contribution is -2.17. The first-order valence-corrected chi connectivity index (χ1v) is 11.7. The number of aromatic nitrogens is 3. The lowest BCUT2D eigenvalue weighted by molar-refractivity contribution is 0.101. The molecule has 0 fully saturated rings. The van der Waals surface area contributed by atoms with Crippen LogP contribution in [0.15, 0.2) is 78.9 Å². The van der Waals surface area contributed by atoms with Crippen molar-refractivity contribution in [3.05, 3.63) is 90.3 Å². The predicted molar refractivity (Wildman–Crippen MR) is 143 cm³/mol. The van der Waals surface area contributed by atoms with E-state index in [0.717, 1.165) is 21.9 Å². The van der Waals surface area contributed by atoms with Gasteiger partial charge in [0, 0.05) is 16.3 Å². The number of pyridine rings is 1. The number of nitrogens with zero attached hydrogens (tertiary/aromatic N) is 3. The summed E-state index contributed by atoms with van der Waals surface area (Å²) in [5.74, 6) is 3.54. The molecule has 6 nitrogen and oxygen atoms in total. The Bertz CT molecular complexity index is 1620. The summed E-state index contributed by atoms with van der Waals surface area (Å²) in [6.45, 7) is 4.45. The molecular formula is C30H24N4O2. The SMILES string of the molecule is C#CCOc1ccc2nc(C(=O)Nc3ccc4ccccc4n3)nc(-c3ccc(C(C)C)cc3)c2c1. The van der Waals surface area contributed by atoms with E-state index in [1.54, 1.807) is 18.2 Å². The summed E-state index contributed by atoms with van der Waals surface area (Å²) in [5, 5.41) is 4.59. The summed E-state index contributed by atoms with van der Waals surface area (Å²) in [6.07, 6.45) is 5.35. The summed E-state index contributed by atoms with van der Waals surface area (Å²) >= 11 is 0. The van der Waals surface area contributed by atoms with Crippen LogP contribution in [0.4, 0.5) is 5.82 Å². The van der Waals surface area contributed by atoms with Crippen LogP contribution in [-0.2, 0) is 0 Å². The molecule has 0 atom stereocenters. The van der Waals surface area contributed by atoms with Gasteiger partial charge in [-0.25, -0.2) is 15.0 Å². The predicted octanol–water partition coefficient (Wildman–Crippen LogP) is 6.23. The van der Waals surface area contributed by atoms with Gasteiger partial charge in [0.2, 0.25) is 5.82 Å². The molecule has 2 heterocycles. The Hall–Kier alpha value is -4.76. The standard InChI is InChI=1S/C30H24N4O2/c1-4-17-36-23-14-15-26-24(18-23)28(22-11-9-20(10-12-22)19(2)3)34-29(32-26)30(35)33-27-16-13-21-7-5-6-8-25(21)31-27/h1,5-16,18-19H,17H2,2-3H3,(H,31,33,35). The average Bonchev–Trinajstić information content (AvgIpc) is 2.91. The molecule has 0 radical (unpaired) electrons. The largest absolute Gasteiger partial charge is 0.481 e. The van der Waals surface area contributed by atoms with Crippen molar-refractivity contribution in [1.82, 2.24) is 15.0 Å². The zero-order valence-corrected chi connectivity index (χ0v) is 20.0. The number of para-hydroxylation sites is 1. The van der Waals surface area contributed by atoms with Crippen molar-refractivity contribution in [2.45, 2.75) is 19.8 Å². The minimum atomic E-state index is -0.438. The number of hydrogen-bond acceptors (Lipinski definition) is 5.